The first-order chi connectivity index (χ1) is 9.76. The summed E-state index contributed by atoms with van der Waals surface area (Å²) in [7, 11) is 0. The summed E-state index contributed by atoms with van der Waals surface area (Å²) in [5.41, 5.74) is 0. The lowest BCUT2D eigenvalue weighted by Crippen LogP contribution is -2.47. The smallest absolute Gasteiger partial charge is 0.225 e. The molecule has 20 heavy (non-hydrogen) atoms. The number of carbonyl (C=O) groups is 1. The zero-order chi connectivity index (χ0) is 14.4. The second-order valence-electron chi connectivity index (χ2n) is 5.21. The third-order valence-electron chi connectivity index (χ3n) is 3.83. The fraction of sp³-hybridized carbons (Fsp3) is 0.667. The molecular weight excluding hydrogens is 252 g/mol. The van der Waals surface area contributed by atoms with E-state index in [9.17, 15) is 4.79 Å². The van der Waals surface area contributed by atoms with Crippen LogP contribution in [0.4, 0.5) is 5.95 Å². The quantitative estimate of drug-likeness (QED) is 0.826. The third-order valence-corrected chi connectivity index (χ3v) is 3.83. The number of rotatable bonds is 5. The van der Waals surface area contributed by atoms with Crippen molar-refractivity contribution in [2.45, 2.75) is 45.6 Å². The second kappa shape index (κ2) is 7.22. The second-order valence-corrected chi connectivity index (χ2v) is 5.21. The van der Waals surface area contributed by atoms with E-state index in [1.54, 1.807) is 12.4 Å². The highest BCUT2D eigenvalue weighted by molar-refractivity contribution is 5.75. The van der Waals surface area contributed by atoms with Gasteiger partial charge < -0.3 is 9.80 Å². The van der Waals surface area contributed by atoms with Gasteiger partial charge in [0, 0.05) is 44.5 Å². The van der Waals surface area contributed by atoms with E-state index < -0.39 is 0 Å². The number of anilines is 1. The largest absolute Gasteiger partial charge is 0.343 e. The lowest BCUT2D eigenvalue weighted by Gasteiger charge is -2.38. The van der Waals surface area contributed by atoms with Crippen LogP contribution in [0, 0.1) is 0 Å². The first kappa shape index (κ1) is 14.8. The van der Waals surface area contributed by atoms with E-state index >= 15 is 0 Å². The molecule has 0 saturated carbocycles. The molecule has 0 aliphatic carbocycles. The zero-order valence-electron chi connectivity index (χ0n) is 12.5. The number of nitrogens with zero attached hydrogens (tertiary/aromatic N) is 4. The minimum Gasteiger partial charge on any atom is -0.343 e. The summed E-state index contributed by atoms with van der Waals surface area (Å²) in [5, 5.41) is 0. The molecule has 0 radical (unpaired) electrons. The van der Waals surface area contributed by atoms with Crippen LogP contribution in [0.3, 0.4) is 0 Å². The van der Waals surface area contributed by atoms with E-state index in [4.69, 9.17) is 0 Å². The van der Waals surface area contributed by atoms with Gasteiger partial charge in [0.1, 0.15) is 0 Å². The zero-order valence-corrected chi connectivity index (χ0v) is 12.5. The van der Waals surface area contributed by atoms with Crippen molar-refractivity contribution in [3.63, 3.8) is 0 Å². The summed E-state index contributed by atoms with van der Waals surface area (Å²) in [6.45, 7) is 6.77. The molecule has 1 aromatic rings. The lowest BCUT2D eigenvalue weighted by molar-refractivity contribution is -0.131. The number of amides is 1. The number of carbonyl (C=O) groups excluding carboxylic acids is 1. The molecule has 0 N–H and O–H groups in total. The Morgan fingerprint density at radius 3 is 2.50 bits per heavy atom. The summed E-state index contributed by atoms with van der Waals surface area (Å²) in [4.78, 5) is 24.8. The normalized spacial score (nSPS) is 16.2. The number of piperidine rings is 1. The molecule has 0 atom stereocenters. The van der Waals surface area contributed by atoms with Gasteiger partial charge in [0.15, 0.2) is 0 Å². The van der Waals surface area contributed by atoms with Crippen molar-refractivity contribution in [1.29, 1.82) is 0 Å². The van der Waals surface area contributed by atoms with Crippen molar-refractivity contribution in [3.8, 4) is 0 Å². The van der Waals surface area contributed by atoms with Crippen LogP contribution < -0.4 is 4.90 Å². The molecule has 5 heteroatoms. The van der Waals surface area contributed by atoms with Crippen molar-refractivity contribution < 1.29 is 4.79 Å². The Bertz CT molecular complexity index is 415. The summed E-state index contributed by atoms with van der Waals surface area (Å²) in [6, 6.07) is 2.29. The molecule has 0 aromatic carbocycles. The average molecular weight is 276 g/mol. The van der Waals surface area contributed by atoms with E-state index in [1.165, 1.54) is 0 Å². The summed E-state index contributed by atoms with van der Waals surface area (Å²) >= 11 is 0. The van der Waals surface area contributed by atoms with E-state index in [0.29, 0.717) is 12.5 Å². The molecule has 0 spiro atoms. The van der Waals surface area contributed by atoms with Gasteiger partial charge in [-0.2, -0.15) is 0 Å². The van der Waals surface area contributed by atoms with Crippen molar-refractivity contribution in [1.82, 2.24) is 14.9 Å². The Balaban J connectivity index is 2.00. The van der Waals surface area contributed by atoms with Gasteiger partial charge in [0.2, 0.25) is 11.9 Å². The van der Waals surface area contributed by atoms with Crippen molar-refractivity contribution in [3.05, 3.63) is 18.5 Å². The molecule has 1 amide bonds. The van der Waals surface area contributed by atoms with Crippen LogP contribution in [0.15, 0.2) is 18.5 Å². The Kier molecular flexibility index (Phi) is 5.32. The van der Waals surface area contributed by atoms with Gasteiger partial charge in [0.25, 0.3) is 0 Å². The van der Waals surface area contributed by atoms with E-state index in [0.717, 1.165) is 44.8 Å². The van der Waals surface area contributed by atoms with Gasteiger partial charge in [-0.05, 0) is 25.3 Å². The maximum atomic E-state index is 11.7. The SMILES string of the molecule is CCCN(c1ncccn1)C1CCN(C(=O)CC)CC1. The molecule has 0 unspecified atom stereocenters. The minimum atomic E-state index is 0.265. The van der Waals surface area contributed by atoms with Gasteiger partial charge in [-0.15, -0.1) is 0 Å². The van der Waals surface area contributed by atoms with Crippen LogP contribution in [0.1, 0.15) is 39.5 Å². The first-order valence-corrected chi connectivity index (χ1v) is 7.57. The summed E-state index contributed by atoms with van der Waals surface area (Å²) in [6.07, 6.45) is 7.27. The molecule has 2 rings (SSSR count). The van der Waals surface area contributed by atoms with Crippen LogP contribution in [-0.4, -0.2) is 46.5 Å². The number of aromatic nitrogens is 2. The Labute approximate surface area is 121 Å². The average Bonchev–Trinajstić information content (AvgIpc) is 2.53. The highest BCUT2D eigenvalue weighted by Gasteiger charge is 2.27. The number of hydrogen-bond acceptors (Lipinski definition) is 4. The van der Waals surface area contributed by atoms with Gasteiger partial charge in [-0.1, -0.05) is 13.8 Å². The molecule has 1 aliphatic heterocycles. The molecule has 1 fully saturated rings. The van der Waals surface area contributed by atoms with Crippen LogP contribution in [0.5, 0.6) is 0 Å². The van der Waals surface area contributed by atoms with Crippen molar-refractivity contribution in [2.75, 3.05) is 24.5 Å². The molecule has 0 bridgehead atoms. The number of hydrogen-bond donors (Lipinski definition) is 0. The molecule has 1 aromatic heterocycles. The topological polar surface area (TPSA) is 49.3 Å². The van der Waals surface area contributed by atoms with E-state index in [1.807, 2.05) is 17.9 Å². The molecule has 1 aliphatic rings. The highest BCUT2D eigenvalue weighted by atomic mass is 16.2. The predicted molar refractivity (Wildman–Crippen MR) is 79.6 cm³/mol. The monoisotopic (exact) mass is 276 g/mol. The molecule has 2 heterocycles. The van der Waals surface area contributed by atoms with Crippen LogP contribution in [0.2, 0.25) is 0 Å². The minimum absolute atomic E-state index is 0.265. The first-order valence-electron chi connectivity index (χ1n) is 7.57. The maximum absolute atomic E-state index is 11.7. The van der Waals surface area contributed by atoms with E-state index in [-0.39, 0.29) is 5.91 Å². The highest BCUT2D eigenvalue weighted by Crippen LogP contribution is 2.21. The van der Waals surface area contributed by atoms with Crippen LogP contribution >= 0.6 is 0 Å². The Morgan fingerprint density at radius 2 is 1.95 bits per heavy atom. The summed E-state index contributed by atoms with van der Waals surface area (Å²) < 4.78 is 0. The lowest BCUT2D eigenvalue weighted by atomic mass is 10.0. The van der Waals surface area contributed by atoms with Crippen molar-refractivity contribution >= 4 is 11.9 Å². The molecule has 5 nitrogen and oxygen atoms in total. The standard InChI is InChI=1S/C15H24N4O/c1-3-10-19(15-16-8-5-9-17-15)13-6-11-18(12-7-13)14(20)4-2/h5,8-9,13H,3-4,6-7,10-12H2,1-2H3. The third kappa shape index (κ3) is 3.46. The van der Waals surface area contributed by atoms with Gasteiger partial charge in [-0.25, -0.2) is 9.97 Å². The predicted octanol–water partition coefficient (Wildman–Crippen LogP) is 2.09. The maximum Gasteiger partial charge on any atom is 0.225 e. The van der Waals surface area contributed by atoms with E-state index in [2.05, 4.69) is 21.8 Å². The van der Waals surface area contributed by atoms with Gasteiger partial charge >= 0.3 is 0 Å². The van der Waals surface area contributed by atoms with Gasteiger partial charge in [0.05, 0.1) is 0 Å². The Hall–Kier alpha value is -1.65. The van der Waals surface area contributed by atoms with Crippen molar-refractivity contribution in [2.24, 2.45) is 0 Å². The molecule has 1 saturated heterocycles. The molecular formula is C15H24N4O. The van der Waals surface area contributed by atoms with Crippen LogP contribution in [0.25, 0.3) is 0 Å². The van der Waals surface area contributed by atoms with Gasteiger partial charge in [-0.3, -0.25) is 4.79 Å². The molecule has 110 valence electrons. The number of likely N-dealkylation sites (tertiary alicyclic amines) is 1. The fourth-order valence-corrected chi connectivity index (χ4v) is 2.78. The Morgan fingerprint density at radius 1 is 1.30 bits per heavy atom. The van der Waals surface area contributed by atoms with Crippen LogP contribution in [-0.2, 0) is 4.79 Å². The fourth-order valence-electron chi connectivity index (χ4n) is 2.78. The summed E-state index contributed by atoms with van der Waals surface area (Å²) in [5.74, 6) is 1.08.